The number of methoxy groups -OCH3 is 1. The van der Waals surface area contributed by atoms with Crippen LogP contribution in [0.5, 0.6) is 0 Å². The van der Waals surface area contributed by atoms with Crippen molar-refractivity contribution < 1.29 is 18.7 Å². The van der Waals surface area contributed by atoms with Crippen LogP contribution in [-0.4, -0.2) is 48.6 Å². The van der Waals surface area contributed by atoms with Gasteiger partial charge in [0, 0.05) is 49.1 Å². The van der Waals surface area contributed by atoms with Gasteiger partial charge in [0.15, 0.2) is 0 Å². The maximum atomic E-state index is 13.8. The van der Waals surface area contributed by atoms with E-state index in [-0.39, 0.29) is 11.7 Å². The lowest BCUT2D eigenvalue weighted by atomic mass is 10.0. The summed E-state index contributed by atoms with van der Waals surface area (Å²) in [4.78, 5) is 19.7. The number of benzene rings is 1. The minimum atomic E-state index is -0.386. The van der Waals surface area contributed by atoms with Gasteiger partial charge in [-0.25, -0.2) is 4.39 Å². The maximum Gasteiger partial charge on any atom is 0.260 e. The first kappa shape index (κ1) is 19.2. The molecule has 3 aliphatic rings. The number of halogens is 1. The van der Waals surface area contributed by atoms with Crippen LogP contribution in [0.1, 0.15) is 35.4 Å². The Morgan fingerprint density at radius 3 is 3.07 bits per heavy atom. The SMILES string of the molecule is COC1CCCN(CCc2ccc3c(n2)CO/C3=C2/C(=O)Nc3ccc(F)cc32)C1. The molecule has 1 unspecified atom stereocenters. The molecule has 1 atom stereocenters. The van der Waals surface area contributed by atoms with Crippen LogP contribution >= 0.6 is 0 Å². The van der Waals surface area contributed by atoms with Crippen LogP contribution in [0.2, 0.25) is 0 Å². The number of carbonyl (C=O) groups is 1. The molecule has 1 amide bonds. The van der Waals surface area contributed by atoms with Crippen molar-refractivity contribution in [2.75, 3.05) is 32.1 Å². The van der Waals surface area contributed by atoms with Gasteiger partial charge in [-0.3, -0.25) is 9.78 Å². The van der Waals surface area contributed by atoms with E-state index in [1.54, 1.807) is 13.2 Å². The Morgan fingerprint density at radius 2 is 2.20 bits per heavy atom. The number of ether oxygens (including phenoxy) is 2. The Hall–Kier alpha value is -2.77. The summed E-state index contributed by atoms with van der Waals surface area (Å²) in [7, 11) is 1.78. The molecule has 0 aliphatic carbocycles. The van der Waals surface area contributed by atoms with Crippen LogP contribution in [0, 0.1) is 5.82 Å². The Labute approximate surface area is 174 Å². The van der Waals surface area contributed by atoms with Crippen LogP contribution in [0.4, 0.5) is 10.1 Å². The van der Waals surface area contributed by atoms with E-state index in [0.29, 0.717) is 35.3 Å². The highest BCUT2D eigenvalue weighted by molar-refractivity contribution is 6.36. The molecule has 1 N–H and O–H groups in total. The first-order valence-electron chi connectivity index (χ1n) is 10.3. The third-order valence-electron chi connectivity index (χ3n) is 6.06. The van der Waals surface area contributed by atoms with Crippen molar-refractivity contribution >= 4 is 22.9 Å². The van der Waals surface area contributed by atoms with Gasteiger partial charge in [-0.05, 0) is 49.7 Å². The van der Waals surface area contributed by atoms with Gasteiger partial charge >= 0.3 is 0 Å². The Bertz CT molecular complexity index is 1040. The van der Waals surface area contributed by atoms with Crippen molar-refractivity contribution in [2.24, 2.45) is 0 Å². The minimum Gasteiger partial charge on any atom is -0.486 e. The van der Waals surface area contributed by atoms with E-state index in [4.69, 9.17) is 14.5 Å². The predicted octanol–water partition coefficient (Wildman–Crippen LogP) is 3.22. The zero-order chi connectivity index (χ0) is 20.7. The Balaban J connectivity index is 1.37. The molecule has 4 heterocycles. The molecule has 6 nitrogen and oxygen atoms in total. The maximum absolute atomic E-state index is 13.8. The molecule has 0 saturated carbocycles. The van der Waals surface area contributed by atoms with E-state index in [1.165, 1.54) is 12.1 Å². The van der Waals surface area contributed by atoms with Crippen molar-refractivity contribution in [3.8, 4) is 0 Å². The fraction of sp³-hybridized carbons (Fsp3) is 0.391. The second-order valence-corrected chi connectivity index (χ2v) is 7.98. The van der Waals surface area contributed by atoms with Gasteiger partial charge in [0.25, 0.3) is 5.91 Å². The van der Waals surface area contributed by atoms with E-state index in [1.807, 2.05) is 12.1 Å². The predicted molar refractivity (Wildman–Crippen MR) is 111 cm³/mol. The number of amides is 1. The summed E-state index contributed by atoms with van der Waals surface area (Å²) in [6.07, 6.45) is 3.45. The zero-order valence-corrected chi connectivity index (χ0v) is 16.9. The van der Waals surface area contributed by atoms with Crippen molar-refractivity contribution in [3.63, 3.8) is 0 Å². The number of piperidine rings is 1. The quantitative estimate of drug-likeness (QED) is 0.786. The number of likely N-dealkylation sites (tertiary alicyclic amines) is 1. The molecule has 0 bridgehead atoms. The fourth-order valence-corrected chi connectivity index (χ4v) is 4.47. The number of carbonyl (C=O) groups excluding carboxylic acids is 1. The number of fused-ring (bicyclic) bond motifs is 2. The number of hydrogen-bond donors (Lipinski definition) is 1. The molecule has 0 radical (unpaired) electrons. The van der Waals surface area contributed by atoms with Crippen LogP contribution in [0.15, 0.2) is 30.3 Å². The topological polar surface area (TPSA) is 63.7 Å². The van der Waals surface area contributed by atoms with E-state index < -0.39 is 0 Å². The highest BCUT2D eigenvalue weighted by Gasteiger charge is 2.33. The normalized spacial score (nSPS) is 23.1. The molecule has 1 aromatic heterocycles. The third kappa shape index (κ3) is 3.48. The van der Waals surface area contributed by atoms with Crippen LogP contribution < -0.4 is 5.32 Å². The molecule has 7 heteroatoms. The highest BCUT2D eigenvalue weighted by atomic mass is 19.1. The van der Waals surface area contributed by atoms with Crippen LogP contribution in [0.25, 0.3) is 11.3 Å². The van der Waals surface area contributed by atoms with Gasteiger partial charge in [0.2, 0.25) is 0 Å². The van der Waals surface area contributed by atoms with E-state index in [9.17, 15) is 9.18 Å². The first-order chi connectivity index (χ1) is 14.6. The molecule has 5 rings (SSSR count). The van der Waals surface area contributed by atoms with Crippen molar-refractivity contribution in [1.82, 2.24) is 9.88 Å². The monoisotopic (exact) mass is 409 g/mol. The van der Waals surface area contributed by atoms with Gasteiger partial charge in [0.05, 0.1) is 17.4 Å². The number of aromatic nitrogens is 1. The van der Waals surface area contributed by atoms with Crippen molar-refractivity contribution in [1.29, 1.82) is 0 Å². The van der Waals surface area contributed by atoms with Gasteiger partial charge in [0.1, 0.15) is 18.2 Å². The van der Waals surface area contributed by atoms with Crippen LogP contribution in [-0.2, 0) is 27.3 Å². The smallest absolute Gasteiger partial charge is 0.260 e. The number of nitrogens with zero attached hydrogens (tertiary/aromatic N) is 2. The molecule has 0 spiro atoms. The first-order valence-corrected chi connectivity index (χ1v) is 10.3. The van der Waals surface area contributed by atoms with Gasteiger partial charge in [-0.2, -0.15) is 0 Å². The highest BCUT2D eigenvalue weighted by Crippen LogP contribution is 2.41. The van der Waals surface area contributed by atoms with Gasteiger partial charge in [-0.15, -0.1) is 0 Å². The average Bonchev–Trinajstić information content (AvgIpc) is 3.31. The molecular weight excluding hydrogens is 385 g/mol. The summed E-state index contributed by atoms with van der Waals surface area (Å²) in [6, 6.07) is 8.23. The van der Waals surface area contributed by atoms with Crippen molar-refractivity contribution in [2.45, 2.75) is 32.0 Å². The van der Waals surface area contributed by atoms with E-state index in [2.05, 4.69) is 10.2 Å². The van der Waals surface area contributed by atoms with Gasteiger partial charge < -0.3 is 19.7 Å². The number of rotatable bonds is 4. The lowest BCUT2D eigenvalue weighted by Gasteiger charge is -2.31. The zero-order valence-electron chi connectivity index (χ0n) is 16.9. The Morgan fingerprint density at radius 1 is 1.30 bits per heavy atom. The van der Waals surface area contributed by atoms with Gasteiger partial charge in [-0.1, -0.05) is 0 Å². The molecule has 156 valence electrons. The molecular formula is C23H24FN3O3. The summed E-state index contributed by atoms with van der Waals surface area (Å²) in [5, 5.41) is 2.78. The van der Waals surface area contributed by atoms with E-state index in [0.717, 1.165) is 55.8 Å². The summed E-state index contributed by atoms with van der Waals surface area (Å²) in [5.74, 6) is -0.186. The second kappa shape index (κ2) is 7.81. The Kier molecular flexibility index (Phi) is 5.00. The third-order valence-corrected chi connectivity index (χ3v) is 6.06. The standard InChI is InChI=1S/C23H24FN3O3/c1-29-16-3-2-9-27(12-16)10-8-15-5-6-17-20(25-15)13-30-22(17)21-18-11-14(24)4-7-19(18)26-23(21)28/h4-7,11,16H,2-3,8-10,12-13H2,1H3,(H,26,28)/b22-21+. The lowest BCUT2D eigenvalue weighted by molar-refractivity contribution is -0.110. The summed E-state index contributed by atoms with van der Waals surface area (Å²) in [5.41, 5.74) is 4.13. The lowest BCUT2D eigenvalue weighted by Crippen LogP contribution is -2.40. The fourth-order valence-electron chi connectivity index (χ4n) is 4.47. The summed E-state index contributed by atoms with van der Waals surface area (Å²) >= 11 is 0. The average molecular weight is 409 g/mol. The number of anilines is 1. The number of hydrogen-bond acceptors (Lipinski definition) is 5. The largest absolute Gasteiger partial charge is 0.486 e. The molecule has 2 aromatic rings. The summed E-state index contributed by atoms with van der Waals surface area (Å²) in [6.45, 7) is 3.31. The number of pyridine rings is 1. The van der Waals surface area contributed by atoms with Crippen molar-refractivity contribution in [3.05, 3.63) is 58.7 Å². The molecule has 1 saturated heterocycles. The van der Waals surface area contributed by atoms with Crippen LogP contribution in [0.3, 0.4) is 0 Å². The molecule has 1 fully saturated rings. The molecule has 3 aliphatic heterocycles. The summed E-state index contributed by atoms with van der Waals surface area (Å²) < 4.78 is 25.1. The minimum absolute atomic E-state index is 0.277. The molecule has 30 heavy (non-hydrogen) atoms. The van der Waals surface area contributed by atoms with E-state index >= 15 is 0 Å². The number of nitrogens with one attached hydrogen (secondary N) is 1. The molecule has 1 aromatic carbocycles. The second-order valence-electron chi connectivity index (χ2n) is 7.98.